The summed E-state index contributed by atoms with van der Waals surface area (Å²) in [4.78, 5) is 5.92. The van der Waals surface area contributed by atoms with Crippen molar-refractivity contribution in [2.45, 2.75) is 45.6 Å². The quantitative estimate of drug-likeness (QED) is 0.814. The summed E-state index contributed by atoms with van der Waals surface area (Å²) in [6.07, 6.45) is 4.89. The molecule has 0 bridgehead atoms. The molecule has 1 aliphatic carbocycles. The molecule has 0 spiro atoms. The molecular formula is C11H18N2S. The number of hydrogen-bond acceptors (Lipinski definition) is 3. The van der Waals surface area contributed by atoms with Crippen molar-refractivity contribution in [2.24, 2.45) is 11.7 Å². The first-order chi connectivity index (χ1) is 6.66. The average Bonchev–Trinajstić information content (AvgIpc) is 2.63. The first-order valence-corrected chi connectivity index (χ1v) is 6.17. The van der Waals surface area contributed by atoms with E-state index >= 15 is 0 Å². The van der Waals surface area contributed by atoms with Crippen LogP contribution in [0.5, 0.6) is 0 Å². The molecule has 1 aliphatic rings. The summed E-state index contributed by atoms with van der Waals surface area (Å²) in [5, 5.41) is 1.28. The number of nitrogens with two attached hydrogens (primary N) is 1. The second-order valence-electron chi connectivity index (χ2n) is 4.31. The van der Waals surface area contributed by atoms with E-state index in [1.165, 1.54) is 34.8 Å². The minimum Gasteiger partial charge on any atom is -0.327 e. The summed E-state index contributed by atoms with van der Waals surface area (Å²) < 4.78 is 0. The van der Waals surface area contributed by atoms with Crippen LogP contribution in [0.25, 0.3) is 0 Å². The molecule has 2 nitrogen and oxygen atoms in total. The predicted molar refractivity (Wildman–Crippen MR) is 60.6 cm³/mol. The molecule has 1 aromatic heterocycles. The number of thiazole rings is 1. The maximum absolute atomic E-state index is 6.05. The van der Waals surface area contributed by atoms with Gasteiger partial charge in [-0.3, -0.25) is 0 Å². The van der Waals surface area contributed by atoms with Crippen molar-refractivity contribution >= 4 is 11.3 Å². The highest BCUT2D eigenvalue weighted by molar-refractivity contribution is 7.11. The molecule has 0 aliphatic heterocycles. The Balaban J connectivity index is 2.03. The molecule has 2 unspecified atom stereocenters. The van der Waals surface area contributed by atoms with E-state index in [4.69, 9.17) is 5.73 Å². The lowest BCUT2D eigenvalue weighted by molar-refractivity contribution is 0.477. The average molecular weight is 210 g/mol. The SMILES string of the molecule is Cc1nc(CC2CCCC2N)sc1C. The van der Waals surface area contributed by atoms with E-state index in [2.05, 4.69) is 18.8 Å². The van der Waals surface area contributed by atoms with Crippen LogP contribution in [0.1, 0.15) is 34.8 Å². The molecule has 3 heteroatoms. The van der Waals surface area contributed by atoms with Gasteiger partial charge in [0, 0.05) is 17.3 Å². The smallest absolute Gasteiger partial charge is 0.0934 e. The van der Waals surface area contributed by atoms with Crippen LogP contribution in [0.15, 0.2) is 0 Å². The molecule has 1 fully saturated rings. The molecule has 2 rings (SSSR count). The van der Waals surface area contributed by atoms with Gasteiger partial charge in [-0.2, -0.15) is 0 Å². The fourth-order valence-corrected chi connectivity index (χ4v) is 3.20. The molecule has 0 aromatic carbocycles. The second kappa shape index (κ2) is 3.99. The first-order valence-electron chi connectivity index (χ1n) is 5.35. The van der Waals surface area contributed by atoms with Gasteiger partial charge in [-0.05, 0) is 32.6 Å². The Kier molecular flexibility index (Phi) is 2.88. The van der Waals surface area contributed by atoms with Crippen molar-refractivity contribution in [1.82, 2.24) is 4.98 Å². The molecular weight excluding hydrogens is 192 g/mol. The molecule has 0 saturated heterocycles. The highest BCUT2D eigenvalue weighted by Gasteiger charge is 2.24. The standard InChI is InChI=1S/C11H18N2S/c1-7-8(2)14-11(13-7)6-9-4-3-5-10(9)12/h9-10H,3-6,12H2,1-2H3. The summed E-state index contributed by atoms with van der Waals surface area (Å²) in [7, 11) is 0. The number of aromatic nitrogens is 1. The van der Waals surface area contributed by atoms with Gasteiger partial charge in [0.2, 0.25) is 0 Å². The highest BCUT2D eigenvalue weighted by Crippen LogP contribution is 2.29. The molecule has 78 valence electrons. The molecule has 0 radical (unpaired) electrons. The third-order valence-electron chi connectivity index (χ3n) is 3.23. The Morgan fingerprint density at radius 2 is 2.21 bits per heavy atom. The van der Waals surface area contributed by atoms with Crippen LogP contribution in [0.4, 0.5) is 0 Å². The van der Waals surface area contributed by atoms with Gasteiger partial charge in [-0.1, -0.05) is 6.42 Å². The van der Waals surface area contributed by atoms with Crippen LogP contribution in [0.2, 0.25) is 0 Å². The zero-order valence-electron chi connectivity index (χ0n) is 8.92. The lowest BCUT2D eigenvalue weighted by atomic mass is 10.0. The maximum atomic E-state index is 6.05. The van der Waals surface area contributed by atoms with Crippen molar-refractivity contribution in [1.29, 1.82) is 0 Å². The van der Waals surface area contributed by atoms with Crippen LogP contribution < -0.4 is 5.73 Å². The summed E-state index contributed by atoms with van der Waals surface area (Å²) in [5.74, 6) is 0.681. The molecule has 1 aromatic rings. The Hall–Kier alpha value is -0.410. The van der Waals surface area contributed by atoms with Crippen LogP contribution in [-0.4, -0.2) is 11.0 Å². The topological polar surface area (TPSA) is 38.9 Å². The van der Waals surface area contributed by atoms with E-state index in [0.29, 0.717) is 12.0 Å². The minimum atomic E-state index is 0.416. The lowest BCUT2D eigenvalue weighted by Gasteiger charge is -2.12. The van der Waals surface area contributed by atoms with Crippen molar-refractivity contribution < 1.29 is 0 Å². The zero-order chi connectivity index (χ0) is 10.1. The number of hydrogen-bond donors (Lipinski definition) is 1. The van der Waals surface area contributed by atoms with Gasteiger partial charge < -0.3 is 5.73 Å². The first kappa shape index (κ1) is 10.1. The van der Waals surface area contributed by atoms with Crippen LogP contribution >= 0.6 is 11.3 Å². The van der Waals surface area contributed by atoms with Gasteiger partial charge in [0.05, 0.1) is 10.7 Å². The molecule has 14 heavy (non-hydrogen) atoms. The number of nitrogens with zero attached hydrogens (tertiary/aromatic N) is 1. The van der Waals surface area contributed by atoms with Crippen LogP contribution in [0.3, 0.4) is 0 Å². The molecule has 0 amide bonds. The van der Waals surface area contributed by atoms with Crippen LogP contribution in [-0.2, 0) is 6.42 Å². The fourth-order valence-electron chi connectivity index (χ4n) is 2.17. The lowest BCUT2D eigenvalue weighted by Crippen LogP contribution is -2.25. The van der Waals surface area contributed by atoms with Gasteiger partial charge in [-0.15, -0.1) is 11.3 Å². The van der Waals surface area contributed by atoms with Crippen molar-refractivity contribution in [2.75, 3.05) is 0 Å². The Bertz CT molecular complexity index is 300. The fraction of sp³-hybridized carbons (Fsp3) is 0.727. The van der Waals surface area contributed by atoms with Gasteiger partial charge >= 0.3 is 0 Å². The van der Waals surface area contributed by atoms with Gasteiger partial charge in [0.25, 0.3) is 0 Å². The van der Waals surface area contributed by atoms with E-state index in [0.717, 1.165) is 6.42 Å². The maximum Gasteiger partial charge on any atom is 0.0934 e. The molecule has 2 N–H and O–H groups in total. The monoisotopic (exact) mass is 210 g/mol. The van der Waals surface area contributed by atoms with Gasteiger partial charge in [0.15, 0.2) is 0 Å². The van der Waals surface area contributed by atoms with Crippen molar-refractivity contribution in [3.05, 3.63) is 15.6 Å². The third kappa shape index (κ3) is 1.98. The van der Waals surface area contributed by atoms with Gasteiger partial charge in [-0.25, -0.2) is 4.98 Å². The van der Waals surface area contributed by atoms with Gasteiger partial charge in [0.1, 0.15) is 0 Å². The van der Waals surface area contributed by atoms with E-state index < -0.39 is 0 Å². The summed E-state index contributed by atoms with van der Waals surface area (Å²) in [5.41, 5.74) is 7.24. The Morgan fingerprint density at radius 1 is 1.43 bits per heavy atom. The largest absolute Gasteiger partial charge is 0.327 e. The van der Waals surface area contributed by atoms with Crippen molar-refractivity contribution in [3.8, 4) is 0 Å². The highest BCUT2D eigenvalue weighted by atomic mass is 32.1. The van der Waals surface area contributed by atoms with E-state index in [1.807, 2.05) is 11.3 Å². The second-order valence-corrected chi connectivity index (χ2v) is 5.60. The molecule has 1 saturated carbocycles. The summed E-state index contributed by atoms with van der Waals surface area (Å²) in [6, 6.07) is 0.416. The molecule has 1 heterocycles. The van der Waals surface area contributed by atoms with E-state index in [1.54, 1.807) is 0 Å². The summed E-state index contributed by atoms with van der Waals surface area (Å²) in [6.45, 7) is 4.23. The van der Waals surface area contributed by atoms with E-state index in [9.17, 15) is 0 Å². The van der Waals surface area contributed by atoms with Crippen LogP contribution in [0, 0.1) is 19.8 Å². The number of rotatable bonds is 2. The molecule has 2 atom stereocenters. The zero-order valence-corrected chi connectivity index (χ0v) is 9.73. The van der Waals surface area contributed by atoms with Crippen molar-refractivity contribution in [3.63, 3.8) is 0 Å². The minimum absolute atomic E-state index is 0.416. The Labute approximate surface area is 89.5 Å². The normalized spacial score (nSPS) is 27.1. The third-order valence-corrected chi connectivity index (χ3v) is 4.32. The Morgan fingerprint density at radius 3 is 2.71 bits per heavy atom. The number of aryl methyl sites for hydroxylation is 2. The summed E-state index contributed by atoms with van der Waals surface area (Å²) >= 11 is 1.84. The van der Waals surface area contributed by atoms with E-state index in [-0.39, 0.29) is 0 Å². The predicted octanol–water partition coefficient (Wildman–Crippen LogP) is 2.43.